The lowest BCUT2D eigenvalue weighted by molar-refractivity contribution is -0.119. The van der Waals surface area contributed by atoms with Crippen molar-refractivity contribution in [2.45, 2.75) is 45.7 Å². The molecule has 0 spiro atoms. The lowest BCUT2D eigenvalue weighted by Gasteiger charge is -2.18. The second-order valence-electron chi connectivity index (χ2n) is 4.12. The van der Waals surface area contributed by atoms with Crippen LogP contribution in [0.15, 0.2) is 0 Å². The van der Waals surface area contributed by atoms with E-state index in [0.717, 1.165) is 0 Å². The van der Waals surface area contributed by atoms with Crippen molar-refractivity contribution < 1.29 is 9.00 Å². The maximum absolute atomic E-state index is 11.3. The van der Waals surface area contributed by atoms with Gasteiger partial charge in [-0.15, -0.1) is 0 Å². The molecule has 16 heavy (non-hydrogen) atoms. The van der Waals surface area contributed by atoms with Crippen molar-refractivity contribution in [2.24, 2.45) is 5.14 Å². The Bertz CT molecular complexity index is 313. The van der Waals surface area contributed by atoms with Gasteiger partial charge >= 0.3 is 0 Å². The number of ketones is 1. The van der Waals surface area contributed by atoms with Crippen LogP contribution in [0.3, 0.4) is 0 Å². The molecule has 6 nitrogen and oxygen atoms in total. The highest BCUT2D eigenvalue weighted by molar-refractivity contribution is 7.88. The number of rotatable bonds is 8. The van der Waals surface area contributed by atoms with Gasteiger partial charge in [0.2, 0.25) is 0 Å². The van der Waals surface area contributed by atoms with Crippen LogP contribution >= 0.6 is 0 Å². The number of Topliss-reactive ketones (excluding diaryl/α,β-unsaturated/α-hetero) is 1. The molecule has 0 aliphatic heterocycles. The summed E-state index contributed by atoms with van der Waals surface area (Å²) < 4.78 is 20.1. The van der Waals surface area contributed by atoms with Gasteiger partial charge in [-0.25, -0.2) is 18.8 Å². The monoisotopic (exact) mass is 250 g/mol. The lowest BCUT2D eigenvalue weighted by Crippen LogP contribution is -2.40. The number of hydrogen-bond donors (Lipinski definition) is 4. The van der Waals surface area contributed by atoms with Crippen LogP contribution in [0, 0.1) is 4.78 Å². The normalized spacial score (nSPS) is 17.1. The van der Waals surface area contributed by atoms with Crippen LogP contribution in [0.2, 0.25) is 0 Å². The van der Waals surface area contributed by atoms with E-state index in [1.54, 1.807) is 6.92 Å². The molecule has 0 saturated heterocycles. The first-order valence-electron chi connectivity index (χ1n) is 5.30. The number of carbonyl (C=O) groups is 1. The third kappa shape index (κ3) is 8.78. The molecule has 2 atom stereocenters. The van der Waals surface area contributed by atoms with Crippen molar-refractivity contribution in [3.63, 3.8) is 0 Å². The number of hydrogen-bond acceptors (Lipinski definition) is 4. The molecular weight excluding hydrogens is 228 g/mol. The number of nitrogens with two attached hydrogens (primary N) is 1. The van der Waals surface area contributed by atoms with Crippen LogP contribution in [0.4, 0.5) is 0 Å². The van der Waals surface area contributed by atoms with E-state index in [2.05, 4.69) is 10.0 Å². The smallest absolute Gasteiger partial charge is 0.167 e. The van der Waals surface area contributed by atoms with Gasteiger partial charge in [0.25, 0.3) is 0 Å². The van der Waals surface area contributed by atoms with Crippen LogP contribution in [-0.2, 0) is 14.9 Å². The maximum Gasteiger partial charge on any atom is 0.167 e. The highest BCUT2D eigenvalue weighted by atomic mass is 32.2. The minimum absolute atomic E-state index is 0.0908. The molecule has 1 unspecified atom stereocenters. The summed E-state index contributed by atoms with van der Waals surface area (Å²) in [5.74, 6) is 0.0908. The van der Waals surface area contributed by atoms with E-state index in [1.165, 1.54) is 0 Å². The molecular formula is C9H22N4O2S. The Morgan fingerprint density at radius 1 is 1.50 bits per heavy atom. The Kier molecular flexibility index (Phi) is 6.73. The van der Waals surface area contributed by atoms with E-state index in [9.17, 15) is 9.00 Å². The predicted molar refractivity (Wildman–Crippen MR) is 65.0 cm³/mol. The molecule has 0 radical (unpaired) electrons. The van der Waals surface area contributed by atoms with Crippen LogP contribution < -0.4 is 15.2 Å². The average molecular weight is 250 g/mol. The van der Waals surface area contributed by atoms with Gasteiger partial charge < -0.3 is 5.32 Å². The van der Waals surface area contributed by atoms with Crippen molar-refractivity contribution >= 4 is 15.9 Å². The van der Waals surface area contributed by atoms with Gasteiger partial charge in [-0.3, -0.25) is 4.79 Å². The Balaban J connectivity index is 3.90. The molecule has 0 saturated carbocycles. The summed E-state index contributed by atoms with van der Waals surface area (Å²) in [5, 5.41) is 8.14. The van der Waals surface area contributed by atoms with E-state index in [0.29, 0.717) is 19.4 Å². The van der Waals surface area contributed by atoms with E-state index in [1.807, 2.05) is 13.8 Å². The van der Waals surface area contributed by atoms with Crippen molar-refractivity contribution in [3.05, 3.63) is 0 Å². The van der Waals surface area contributed by atoms with E-state index in [4.69, 9.17) is 9.92 Å². The molecule has 0 aliphatic rings. The zero-order valence-corrected chi connectivity index (χ0v) is 10.9. The fourth-order valence-corrected chi connectivity index (χ4v) is 1.78. The summed E-state index contributed by atoms with van der Waals surface area (Å²) in [4.78, 5) is 11.3. The van der Waals surface area contributed by atoms with Gasteiger partial charge in [0, 0.05) is 12.6 Å². The van der Waals surface area contributed by atoms with Gasteiger partial charge in [-0.05, 0) is 19.8 Å². The minimum Gasteiger partial charge on any atom is -0.305 e. The first kappa shape index (κ1) is 15.5. The van der Waals surface area contributed by atoms with Crippen molar-refractivity contribution in [2.75, 3.05) is 6.54 Å². The van der Waals surface area contributed by atoms with Crippen LogP contribution in [0.25, 0.3) is 0 Å². The molecule has 0 rings (SSSR count). The molecule has 0 aliphatic carbocycles. The molecule has 5 N–H and O–H groups in total. The van der Waals surface area contributed by atoms with Gasteiger partial charge in [0.05, 0.1) is 6.04 Å². The first-order chi connectivity index (χ1) is 7.22. The molecule has 0 aromatic rings. The number of carbonyl (C=O) groups excluding carboxylic acids is 1. The molecule has 0 aromatic heterocycles. The van der Waals surface area contributed by atoms with Crippen LogP contribution in [-0.4, -0.2) is 28.6 Å². The summed E-state index contributed by atoms with van der Waals surface area (Å²) in [6.07, 6.45) is 1.30. The molecule has 0 fully saturated rings. The minimum atomic E-state index is -3.12. The highest BCUT2D eigenvalue weighted by Crippen LogP contribution is 2.00. The second-order valence-corrected chi connectivity index (χ2v) is 5.61. The van der Waals surface area contributed by atoms with Crippen LogP contribution in [0.1, 0.15) is 33.6 Å². The molecule has 0 bridgehead atoms. The van der Waals surface area contributed by atoms with Crippen molar-refractivity contribution in [1.29, 1.82) is 4.78 Å². The van der Waals surface area contributed by atoms with Crippen molar-refractivity contribution in [1.82, 2.24) is 10.0 Å². The quantitative estimate of drug-likeness (QED) is 0.460. The lowest BCUT2D eigenvalue weighted by atomic mass is 10.1. The topological polar surface area (TPSA) is 108 Å². The maximum atomic E-state index is 11.3. The van der Waals surface area contributed by atoms with E-state index < -0.39 is 10.1 Å². The Morgan fingerprint density at radius 3 is 2.44 bits per heavy atom. The molecule has 0 heterocycles. The van der Waals surface area contributed by atoms with Crippen LogP contribution in [0.5, 0.6) is 0 Å². The first-order valence-corrected chi connectivity index (χ1v) is 6.92. The standard InChI is InChI=1S/C9H22N4O2S/c1-7(2)13-9(8(3)14)5-4-6-12-16(10,11)15/h7,9,13H,4-6H2,1-3H3,(H4,10,11,12,15)/t9-/m0/s1. The Hall–Kier alpha value is -0.500. The average Bonchev–Trinajstić information content (AvgIpc) is 2.07. The summed E-state index contributed by atoms with van der Waals surface area (Å²) in [7, 11) is -3.12. The summed E-state index contributed by atoms with van der Waals surface area (Å²) in [6, 6.07) is 0.0677. The fourth-order valence-electron chi connectivity index (χ4n) is 1.34. The second kappa shape index (κ2) is 6.95. The molecule has 0 amide bonds. The summed E-state index contributed by atoms with van der Waals surface area (Å²) >= 11 is 0. The Labute approximate surface area is 97.6 Å². The fraction of sp³-hybridized carbons (Fsp3) is 0.889. The zero-order valence-electron chi connectivity index (χ0n) is 10.1. The predicted octanol–water partition coefficient (Wildman–Crippen LogP) is 0.147. The molecule has 0 aromatic carbocycles. The largest absolute Gasteiger partial charge is 0.305 e. The van der Waals surface area contributed by atoms with Gasteiger partial charge in [0.1, 0.15) is 5.78 Å². The highest BCUT2D eigenvalue weighted by Gasteiger charge is 2.14. The van der Waals surface area contributed by atoms with E-state index >= 15 is 0 Å². The molecule has 7 heteroatoms. The van der Waals surface area contributed by atoms with Gasteiger partial charge in [0.15, 0.2) is 10.1 Å². The van der Waals surface area contributed by atoms with E-state index in [-0.39, 0.29) is 17.9 Å². The number of nitrogens with one attached hydrogen (secondary N) is 3. The van der Waals surface area contributed by atoms with Crippen molar-refractivity contribution in [3.8, 4) is 0 Å². The van der Waals surface area contributed by atoms with Gasteiger partial charge in [-0.2, -0.15) is 0 Å². The van der Waals surface area contributed by atoms with Gasteiger partial charge in [-0.1, -0.05) is 13.8 Å². The third-order valence-electron chi connectivity index (χ3n) is 2.01. The Morgan fingerprint density at radius 2 is 2.06 bits per heavy atom. The summed E-state index contributed by atoms with van der Waals surface area (Å²) in [5.41, 5.74) is 0. The zero-order chi connectivity index (χ0) is 12.8. The summed E-state index contributed by atoms with van der Waals surface area (Å²) in [6.45, 7) is 5.88. The third-order valence-corrected chi connectivity index (χ3v) is 2.64. The SMILES string of the molecule is CC(=O)[C@H](CCCNS(=N)(N)=O)NC(C)C. The molecule has 96 valence electrons.